The van der Waals surface area contributed by atoms with Crippen LogP contribution in [-0.2, 0) is 0 Å². The van der Waals surface area contributed by atoms with Crippen molar-refractivity contribution in [2.45, 2.75) is 26.8 Å². The van der Waals surface area contributed by atoms with Crippen LogP contribution in [0.3, 0.4) is 0 Å². The summed E-state index contributed by atoms with van der Waals surface area (Å²) in [5.41, 5.74) is 2.41. The molecule has 2 rings (SSSR count). The molecule has 0 aliphatic heterocycles. The molecule has 1 heterocycles. The molecule has 2 amide bonds. The number of carbonyl (C=O) groups is 1. The Hall–Kier alpha value is -2.30. The van der Waals surface area contributed by atoms with Crippen molar-refractivity contribution in [1.29, 1.82) is 0 Å². The van der Waals surface area contributed by atoms with Gasteiger partial charge in [-0.1, -0.05) is 35.5 Å². The van der Waals surface area contributed by atoms with Crippen LogP contribution in [0.2, 0.25) is 0 Å². The molecule has 1 aromatic heterocycles. The van der Waals surface area contributed by atoms with E-state index in [2.05, 4.69) is 10.5 Å². The maximum absolute atomic E-state index is 12.3. The first-order valence-electron chi connectivity index (χ1n) is 6.52. The largest absolute Gasteiger partial charge is 0.359 e. The Kier molecular flexibility index (Phi) is 4.08. The van der Waals surface area contributed by atoms with Crippen molar-refractivity contribution < 1.29 is 9.32 Å². The minimum Gasteiger partial charge on any atom is -0.359 e. The molecular weight excluding hydrogens is 254 g/mol. The zero-order valence-electron chi connectivity index (χ0n) is 12.2. The van der Waals surface area contributed by atoms with E-state index in [1.54, 1.807) is 25.8 Å². The van der Waals surface area contributed by atoms with E-state index >= 15 is 0 Å². The molecule has 5 nitrogen and oxygen atoms in total. The molecule has 1 atom stereocenters. The van der Waals surface area contributed by atoms with Crippen molar-refractivity contribution >= 4 is 11.7 Å². The van der Waals surface area contributed by atoms with Crippen molar-refractivity contribution in [3.05, 3.63) is 47.3 Å². The number of hydrogen-bond acceptors (Lipinski definition) is 3. The average Bonchev–Trinajstić information content (AvgIpc) is 2.78. The van der Waals surface area contributed by atoms with Gasteiger partial charge >= 0.3 is 6.03 Å². The van der Waals surface area contributed by atoms with Crippen LogP contribution >= 0.6 is 0 Å². The van der Waals surface area contributed by atoms with E-state index in [-0.39, 0.29) is 12.1 Å². The van der Waals surface area contributed by atoms with Gasteiger partial charge in [0.2, 0.25) is 0 Å². The highest BCUT2D eigenvalue weighted by Gasteiger charge is 2.19. The maximum atomic E-state index is 12.3. The number of nitrogens with zero attached hydrogens (tertiary/aromatic N) is 2. The smallest absolute Gasteiger partial charge is 0.322 e. The minimum absolute atomic E-state index is 0.0170. The summed E-state index contributed by atoms with van der Waals surface area (Å²) in [4.78, 5) is 13.9. The fraction of sp³-hybridized carbons (Fsp3) is 0.333. The van der Waals surface area contributed by atoms with Crippen molar-refractivity contribution in [3.63, 3.8) is 0 Å². The zero-order valence-corrected chi connectivity index (χ0v) is 12.2. The van der Waals surface area contributed by atoms with Crippen LogP contribution in [0.4, 0.5) is 10.5 Å². The van der Waals surface area contributed by atoms with Crippen molar-refractivity contribution in [1.82, 2.24) is 10.1 Å². The van der Waals surface area contributed by atoms with Gasteiger partial charge in [0.15, 0.2) is 5.76 Å². The average molecular weight is 273 g/mol. The number of benzene rings is 1. The quantitative estimate of drug-likeness (QED) is 0.930. The van der Waals surface area contributed by atoms with Gasteiger partial charge in [0.1, 0.15) is 11.4 Å². The predicted molar refractivity (Wildman–Crippen MR) is 77.6 cm³/mol. The lowest BCUT2D eigenvalue weighted by Crippen LogP contribution is -2.33. The first kappa shape index (κ1) is 14.1. The molecule has 0 radical (unpaired) electrons. The minimum atomic E-state index is -0.184. The number of nitrogens with one attached hydrogen (secondary N) is 1. The molecule has 0 unspecified atom stereocenters. The molecule has 0 fully saturated rings. The first-order valence-corrected chi connectivity index (χ1v) is 6.52. The van der Waals surface area contributed by atoms with Crippen LogP contribution in [-0.4, -0.2) is 23.1 Å². The number of urea groups is 1. The third-order valence-corrected chi connectivity index (χ3v) is 3.45. The highest BCUT2D eigenvalue weighted by Crippen LogP contribution is 2.22. The van der Waals surface area contributed by atoms with Gasteiger partial charge in [-0.2, -0.15) is 0 Å². The second-order valence-corrected chi connectivity index (χ2v) is 4.83. The van der Waals surface area contributed by atoms with Crippen LogP contribution in [0, 0.1) is 13.8 Å². The molecule has 0 spiro atoms. The Morgan fingerprint density at radius 2 is 1.95 bits per heavy atom. The van der Waals surface area contributed by atoms with Crippen LogP contribution < -0.4 is 5.32 Å². The van der Waals surface area contributed by atoms with Crippen molar-refractivity contribution in [2.24, 2.45) is 0 Å². The summed E-state index contributed by atoms with van der Waals surface area (Å²) < 4.78 is 5.04. The molecular formula is C15H19N3O2. The highest BCUT2D eigenvalue weighted by atomic mass is 16.5. The number of aryl methyl sites for hydroxylation is 2. The standard InChI is InChI=1S/C15H19N3O2/c1-10-14(12(3)20-17-10)16-15(19)18(4)11(2)13-8-6-5-7-9-13/h5-9,11H,1-4H3,(H,16,19)/t11-/m0/s1. The summed E-state index contributed by atoms with van der Waals surface area (Å²) in [5, 5.41) is 6.66. The second-order valence-electron chi connectivity index (χ2n) is 4.83. The molecule has 1 aromatic carbocycles. The number of carbonyl (C=O) groups excluding carboxylic acids is 1. The van der Waals surface area contributed by atoms with Gasteiger partial charge in [-0.05, 0) is 26.3 Å². The molecule has 106 valence electrons. The summed E-state index contributed by atoms with van der Waals surface area (Å²) in [6, 6.07) is 9.69. The summed E-state index contributed by atoms with van der Waals surface area (Å²) in [5.74, 6) is 0.608. The molecule has 20 heavy (non-hydrogen) atoms. The van der Waals surface area contributed by atoms with Crippen LogP contribution in [0.5, 0.6) is 0 Å². The Balaban J connectivity index is 2.09. The predicted octanol–water partition coefficient (Wildman–Crippen LogP) is 3.52. The molecule has 2 aromatic rings. The summed E-state index contributed by atoms with van der Waals surface area (Å²) in [6.07, 6.45) is 0. The van der Waals surface area contributed by atoms with Crippen LogP contribution in [0.15, 0.2) is 34.9 Å². The van der Waals surface area contributed by atoms with Gasteiger partial charge in [-0.15, -0.1) is 0 Å². The molecule has 0 bridgehead atoms. The Bertz CT molecular complexity index is 573. The Labute approximate surface area is 118 Å². The van der Waals surface area contributed by atoms with E-state index in [4.69, 9.17) is 4.52 Å². The summed E-state index contributed by atoms with van der Waals surface area (Å²) in [7, 11) is 1.77. The van der Waals surface area contributed by atoms with Gasteiger partial charge in [0, 0.05) is 7.05 Å². The molecule has 5 heteroatoms. The fourth-order valence-electron chi connectivity index (χ4n) is 1.99. The molecule has 0 aliphatic carbocycles. The maximum Gasteiger partial charge on any atom is 0.322 e. The van der Waals surface area contributed by atoms with Crippen LogP contribution in [0.1, 0.15) is 30.0 Å². The number of aromatic nitrogens is 1. The van der Waals surface area contributed by atoms with Crippen LogP contribution in [0.25, 0.3) is 0 Å². The van der Waals surface area contributed by atoms with Gasteiger partial charge in [0.25, 0.3) is 0 Å². The lowest BCUT2D eigenvalue weighted by Gasteiger charge is -2.25. The van der Waals surface area contributed by atoms with Gasteiger partial charge < -0.3 is 14.7 Å². The van der Waals surface area contributed by atoms with E-state index < -0.39 is 0 Å². The van der Waals surface area contributed by atoms with Gasteiger partial charge in [-0.25, -0.2) is 4.79 Å². The van der Waals surface area contributed by atoms with Gasteiger partial charge in [0.05, 0.1) is 6.04 Å². The Morgan fingerprint density at radius 3 is 2.50 bits per heavy atom. The molecule has 0 aliphatic rings. The fourth-order valence-corrected chi connectivity index (χ4v) is 1.99. The highest BCUT2D eigenvalue weighted by molar-refractivity contribution is 5.90. The number of rotatable bonds is 3. The van der Waals surface area contributed by atoms with E-state index in [1.165, 1.54) is 0 Å². The lowest BCUT2D eigenvalue weighted by atomic mass is 10.1. The molecule has 1 N–H and O–H groups in total. The van der Waals surface area contributed by atoms with Crippen molar-refractivity contribution in [3.8, 4) is 0 Å². The third kappa shape index (κ3) is 2.82. The number of hydrogen-bond donors (Lipinski definition) is 1. The summed E-state index contributed by atoms with van der Waals surface area (Å²) in [6.45, 7) is 5.56. The van der Waals surface area contributed by atoms with Gasteiger partial charge in [-0.3, -0.25) is 0 Å². The van der Waals surface area contributed by atoms with E-state index in [1.807, 2.05) is 37.3 Å². The lowest BCUT2D eigenvalue weighted by molar-refractivity contribution is 0.208. The monoisotopic (exact) mass is 273 g/mol. The number of amides is 2. The first-order chi connectivity index (χ1) is 9.50. The van der Waals surface area contributed by atoms with E-state index in [0.29, 0.717) is 17.1 Å². The Morgan fingerprint density at radius 1 is 1.30 bits per heavy atom. The summed E-state index contributed by atoms with van der Waals surface area (Å²) >= 11 is 0. The normalized spacial score (nSPS) is 12.0. The second kappa shape index (κ2) is 5.77. The third-order valence-electron chi connectivity index (χ3n) is 3.45. The van der Waals surface area contributed by atoms with E-state index in [9.17, 15) is 4.79 Å². The SMILES string of the molecule is Cc1noc(C)c1NC(=O)N(C)[C@@H](C)c1ccccc1. The molecule has 0 saturated carbocycles. The topological polar surface area (TPSA) is 58.4 Å². The van der Waals surface area contributed by atoms with Crippen molar-refractivity contribution in [2.75, 3.05) is 12.4 Å². The number of anilines is 1. The van der Waals surface area contributed by atoms with E-state index in [0.717, 1.165) is 5.56 Å². The molecule has 0 saturated heterocycles. The zero-order chi connectivity index (χ0) is 14.7.